The second-order valence-electron chi connectivity index (χ2n) is 7.88. The van der Waals surface area contributed by atoms with Crippen LogP contribution in [0.3, 0.4) is 0 Å². The molecule has 0 spiro atoms. The predicted octanol–water partition coefficient (Wildman–Crippen LogP) is 3.41. The first kappa shape index (κ1) is 18.9. The fourth-order valence-electron chi connectivity index (χ4n) is 2.95. The van der Waals surface area contributed by atoms with Gasteiger partial charge in [-0.1, -0.05) is 81.8 Å². The smallest absolute Gasteiger partial charge is 0.311 e. The van der Waals surface area contributed by atoms with Crippen LogP contribution in [0.5, 0.6) is 0 Å². The Balaban J connectivity index is 1.72. The number of hydrogen-bond acceptors (Lipinski definition) is 3. The van der Waals surface area contributed by atoms with Gasteiger partial charge in [0, 0.05) is 0 Å². The predicted molar refractivity (Wildman–Crippen MR) is 106 cm³/mol. The maximum Gasteiger partial charge on any atom is 0.311 e. The number of ether oxygens (including phenoxy) is 1. The van der Waals surface area contributed by atoms with Crippen LogP contribution in [0.25, 0.3) is 0 Å². The molecular weight excluding hydrogens is 340 g/mol. The Hall–Kier alpha value is -1.91. The summed E-state index contributed by atoms with van der Waals surface area (Å²) in [6, 6.07) is 18.9. The molecule has 0 amide bonds. The van der Waals surface area contributed by atoms with Crippen LogP contribution in [0.4, 0.5) is 0 Å². The van der Waals surface area contributed by atoms with E-state index in [0.29, 0.717) is 0 Å². The lowest BCUT2D eigenvalue weighted by Gasteiger charge is -2.24. The summed E-state index contributed by atoms with van der Waals surface area (Å²) in [6.07, 6.45) is 3.02. The molecule has 0 unspecified atom stereocenters. The molecule has 3 nitrogen and oxygen atoms in total. The highest BCUT2D eigenvalue weighted by molar-refractivity contribution is 6.80. The van der Waals surface area contributed by atoms with Gasteiger partial charge >= 0.3 is 5.97 Å². The lowest BCUT2D eigenvalue weighted by molar-refractivity contribution is -0.158. The number of carbonyl (C=O) groups is 1. The molecule has 137 valence electrons. The van der Waals surface area contributed by atoms with E-state index in [0.717, 1.165) is 29.6 Å². The molecule has 1 radical (unpaired) electrons. The molecule has 0 bridgehead atoms. The molecule has 0 aliphatic heterocycles. The van der Waals surface area contributed by atoms with Gasteiger partial charge in [-0.2, -0.15) is 0 Å². The number of rotatable bonds is 6. The van der Waals surface area contributed by atoms with Gasteiger partial charge in [0.15, 0.2) is 6.79 Å². The lowest BCUT2D eigenvalue weighted by Crippen LogP contribution is -2.45. The molecule has 1 aliphatic rings. The van der Waals surface area contributed by atoms with Gasteiger partial charge in [0.2, 0.25) is 0 Å². The Labute approximate surface area is 158 Å². The molecular formula is C22H27O3Si. The van der Waals surface area contributed by atoms with Crippen LogP contribution in [0.1, 0.15) is 45.6 Å². The highest BCUT2D eigenvalue weighted by Gasteiger charge is 2.27. The SMILES string of the molecule is CC(C)(C)c1ccc([Si](OCOC(=O)C2CCC2)c2ccccc2)cc1. The van der Waals surface area contributed by atoms with Gasteiger partial charge in [-0.25, -0.2) is 0 Å². The summed E-state index contributed by atoms with van der Waals surface area (Å²) in [6.45, 7) is 6.66. The van der Waals surface area contributed by atoms with Gasteiger partial charge in [-0.15, -0.1) is 0 Å². The minimum absolute atomic E-state index is 0.0273. The average molecular weight is 368 g/mol. The van der Waals surface area contributed by atoms with Crippen molar-refractivity contribution in [2.45, 2.75) is 45.4 Å². The molecule has 1 fully saturated rings. The standard InChI is InChI=1S/C22H27O3Si/c1-22(2,3)18-12-14-20(15-13-18)26(19-10-5-4-6-11-19)25-16-24-21(23)17-8-7-9-17/h4-6,10-15,17H,7-9,16H2,1-3H3. The van der Waals surface area contributed by atoms with E-state index in [1.807, 2.05) is 18.2 Å². The minimum Gasteiger partial charge on any atom is -0.439 e. The molecule has 1 aliphatic carbocycles. The van der Waals surface area contributed by atoms with E-state index in [1.54, 1.807) is 0 Å². The zero-order chi connectivity index (χ0) is 18.6. The van der Waals surface area contributed by atoms with Crippen LogP contribution in [-0.4, -0.2) is 21.8 Å². The lowest BCUT2D eigenvalue weighted by atomic mass is 9.86. The maximum absolute atomic E-state index is 11.9. The summed E-state index contributed by atoms with van der Waals surface area (Å²) in [5.41, 5.74) is 1.42. The molecule has 2 aromatic rings. The van der Waals surface area contributed by atoms with E-state index >= 15 is 0 Å². The third-order valence-electron chi connectivity index (χ3n) is 4.89. The summed E-state index contributed by atoms with van der Waals surface area (Å²) in [7, 11) is -1.45. The minimum atomic E-state index is -1.45. The van der Waals surface area contributed by atoms with Crippen molar-refractivity contribution in [1.82, 2.24) is 0 Å². The number of esters is 1. The number of hydrogen-bond donors (Lipinski definition) is 0. The van der Waals surface area contributed by atoms with Gasteiger partial charge in [-0.3, -0.25) is 4.79 Å². The van der Waals surface area contributed by atoms with Crippen LogP contribution in [0.2, 0.25) is 0 Å². The van der Waals surface area contributed by atoms with Crippen molar-refractivity contribution in [1.29, 1.82) is 0 Å². The molecule has 26 heavy (non-hydrogen) atoms. The second-order valence-corrected chi connectivity index (χ2v) is 9.98. The molecule has 3 rings (SSSR count). The Bertz CT molecular complexity index is 715. The van der Waals surface area contributed by atoms with Crippen molar-refractivity contribution in [3.63, 3.8) is 0 Å². The molecule has 0 heterocycles. The van der Waals surface area contributed by atoms with Crippen molar-refractivity contribution in [2.24, 2.45) is 5.92 Å². The molecule has 0 saturated heterocycles. The fraction of sp³-hybridized carbons (Fsp3) is 0.409. The molecule has 1 saturated carbocycles. The van der Waals surface area contributed by atoms with E-state index in [4.69, 9.17) is 9.16 Å². The highest BCUT2D eigenvalue weighted by Crippen LogP contribution is 2.27. The summed E-state index contributed by atoms with van der Waals surface area (Å²) < 4.78 is 11.4. The Morgan fingerprint density at radius 1 is 1.00 bits per heavy atom. The van der Waals surface area contributed by atoms with Gasteiger partial charge < -0.3 is 9.16 Å². The first-order valence-corrected chi connectivity index (χ1v) is 10.7. The summed E-state index contributed by atoms with van der Waals surface area (Å²) in [4.78, 5) is 11.9. The highest BCUT2D eigenvalue weighted by atomic mass is 28.3. The van der Waals surface area contributed by atoms with Crippen LogP contribution < -0.4 is 10.4 Å². The van der Waals surface area contributed by atoms with Crippen molar-refractivity contribution in [2.75, 3.05) is 6.79 Å². The van der Waals surface area contributed by atoms with Gasteiger partial charge in [-0.05, 0) is 34.2 Å². The number of benzene rings is 2. The Morgan fingerprint density at radius 2 is 1.62 bits per heavy atom. The van der Waals surface area contributed by atoms with Crippen LogP contribution in [0, 0.1) is 5.92 Å². The van der Waals surface area contributed by atoms with Crippen molar-refractivity contribution in [3.8, 4) is 0 Å². The van der Waals surface area contributed by atoms with Gasteiger partial charge in [0.25, 0.3) is 9.04 Å². The van der Waals surface area contributed by atoms with Crippen LogP contribution >= 0.6 is 0 Å². The molecule has 0 N–H and O–H groups in total. The monoisotopic (exact) mass is 367 g/mol. The first-order valence-electron chi connectivity index (χ1n) is 9.28. The summed E-state index contributed by atoms with van der Waals surface area (Å²) >= 11 is 0. The molecule has 2 aromatic carbocycles. The van der Waals surface area contributed by atoms with E-state index in [1.165, 1.54) is 5.56 Å². The zero-order valence-electron chi connectivity index (χ0n) is 15.8. The van der Waals surface area contributed by atoms with E-state index < -0.39 is 9.04 Å². The fourth-order valence-corrected chi connectivity index (χ4v) is 4.76. The molecule has 0 aromatic heterocycles. The Kier molecular flexibility index (Phi) is 5.94. The van der Waals surface area contributed by atoms with E-state index in [9.17, 15) is 4.79 Å². The summed E-state index contributed by atoms with van der Waals surface area (Å²) in [5.74, 6) is -0.0363. The van der Waals surface area contributed by atoms with Gasteiger partial charge in [0.1, 0.15) is 0 Å². The molecule has 4 heteroatoms. The Morgan fingerprint density at radius 3 is 2.15 bits per heavy atom. The first-order chi connectivity index (χ1) is 12.4. The number of carbonyl (C=O) groups excluding carboxylic acids is 1. The summed E-state index contributed by atoms with van der Waals surface area (Å²) in [5, 5.41) is 2.31. The third-order valence-corrected chi connectivity index (χ3v) is 7.01. The quantitative estimate of drug-likeness (QED) is 0.446. The van der Waals surface area contributed by atoms with Crippen LogP contribution in [0.15, 0.2) is 54.6 Å². The third kappa shape index (κ3) is 4.62. The normalized spacial score (nSPS) is 14.9. The van der Waals surface area contributed by atoms with Crippen molar-refractivity contribution >= 4 is 25.4 Å². The average Bonchev–Trinajstić information content (AvgIpc) is 2.57. The van der Waals surface area contributed by atoms with Crippen LogP contribution in [-0.2, 0) is 19.4 Å². The van der Waals surface area contributed by atoms with Gasteiger partial charge in [0.05, 0.1) is 5.92 Å². The zero-order valence-corrected chi connectivity index (χ0v) is 16.8. The molecule has 0 atom stereocenters. The second kappa shape index (κ2) is 8.19. The maximum atomic E-state index is 11.9. The largest absolute Gasteiger partial charge is 0.439 e. The van der Waals surface area contributed by atoms with E-state index in [2.05, 4.69) is 57.2 Å². The van der Waals surface area contributed by atoms with Crippen molar-refractivity contribution in [3.05, 3.63) is 60.2 Å². The van der Waals surface area contributed by atoms with E-state index in [-0.39, 0.29) is 24.1 Å². The van der Waals surface area contributed by atoms with Crippen molar-refractivity contribution < 1.29 is 14.0 Å². The topological polar surface area (TPSA) is 35.5 Å².